The zero-order valence-corrected chi connectivity index (χ0v) is 18.5. The zero-order chi connectivity index (χ0) is 23.1. The van der Waals surface area contributed by atoms with E-state index in [1.165, 1.54) is 0 Å². The van der Waals surface area contributed by atoms with Crippen LogP contribution in [0.4, 0.5) is 4.79 Å². The Morgan fingerprint density at radius 1 is 0.969 bits per heavy atom. The number of alkyl carbamates (subject to hydrolysis) is 1. The van der Waals surface area contributed by atoms with E-state index in [0.717, 1.165) is 22.3 Å². The van der Waals surface area contributed by atoms with Gasteiger partial charge in [0.25, 0.3) is 0 Å². The number of carbonyl (C=O) groups excluding carboxylic acids is 2. The summed E-state index contributed by atoms with van der Waals surface area (Å²) >= 11 is 0. The molecular formula is C25H30N2O5. The molecular weight excluding hydrogens is 408 g/mol. The van der Waals surface area contributed by atoms with Crippen LogP contribution in [0.1, 0.15) is 50.2 Å². The third-order valence-electron chi connectivity index (χ3n) is 5.98. The quantitative estimate of drug-likeness (QED) is 0.521. The highest BCUT2D eigenvalue weighted by Gasteiger charge is 2.29. The Labute approximate surface area is 188 Å². The summed E-state index contributed by atoms with van der Waals surface area (Å²) in [6.45, 7) is 3.91. The Balaban J connectivity index is 1.53. The predicted octanol–water partition coefficient (Wildman–Crippen LogP) is 3.92. The molecule has 2 amide bonds. The summed E-state index contributed by atoms with van der Waals surface area (Å²) in [5.74, 6) is -1.88. The minimum absolute atomic E-state index is 0.0291. The van der Waals surface area contributed by atoms with Gasteiger partial charge < -0.3 is 20.5 Å². The Morgan fingerprint density at radius 3 is 2.09 bits per heavy atom. The number of carboxylic acids is 1. The third kappa shape index (κ3) is 5.46. The fourth-order valence-corrected chi connectivity index (χ4v) is 4.04. The number of carbonyl (C=O) groups is 3. The van der Waals surface area contributed by atoms with Crippen molar-refractivity contribution in [2.24, 2.45) is 5.92 Å². The second-order valence-electron chi connectivity index (χ2n) is 8.03. The molecule has 0 fully saturated rings. The van der Waals surface area contributed by atoms with E-state index in [-0.39, 0.29) is 31.4 Å². The standard InChI is InChI=1S/C25H30N2O5/c1-3-16(24(29)30)14-26-23(28)13-17(4-2)27-25(31)32-15-22-20-11-7-5-9-18(20)19-10-6-8-12-21(19)22/h5-12,16-17,22H,3-4,13-15H2,1-2H3,(H,26,28)(H,27,31)(H,29,30)/t16?,17-/m1/s1. The highest BCUT2D eigenvalue weighted by atomic mass is 16.5. The van der Waals surface area contributed by atoms with E-state index in [2.05, 4.69) is 34.9 Å². The molecule has 0 saturated carbocycles. The first-order valence-corrected chi connectivity index (χ1v) is 11.1. The molecule has 7 heteroatoms. The van der Waals surface area contributed by atoms with Crippen molar-refractivity contribution in [3.63, 3.8) is 0 Å². The first-order chi connectivity index (χ1) is 15.4. The lowest BCUT2D eigenvalue weighted by Gasteiger charge is -2.19. The minimum Gasteiger partial charge on any atom is -0.481 e. The van der Waals surface area contributed by atoms with Crippen LogP contribution in [0.15, 0.2) is 48.5 Å². The molecule has 2 aromatic carbocycles. The Bertz CT molecular complexity index is 929. The molecule has 0 spiro atoms. The molecule has 1 aliphatic rings. The van der Waals surface area contributed by atoms with Crippen LogP contribution in [0.3, 0.4) is 0 Å². The maximum Gasteiger partial charge on any atom is 0.407 e. The van der Waals surface area contributed by atoms with Gasteiger partial charge in [0.2, 0.25) is 5.91 Å². The predicted molar refractivity (Wildman–Crippen MR) is 121 cm³/mol. The number of nitrogens with one attached hydrogen (secondary N) is 2. The van der Waals surface area contributed by atoms with E-state index < -0.39 is 24.0 Å². The lowest BCUT2D eigenvalue weighted by molar-refractivity contribution is -0.141. The molecule has 0 heterocycles. The van der Waals surface area contributed by atoms with Crippen molar-refractivity contribution >= 4 is 18.0 Å². The number of rotatable bonds is 10. The molecule has 0 saturated heterocycles. The van der Waals surface area contributed by atoms with Crippen molar-refractivity contribution in [1.82, 2.24) is 10.6 Å². The van der Waals surface area contributed by atoms with Crippen LogP contribution in [0.2, 0.25) is 0 Å². The number of benzene rings is 2. The molecule has 2 atom stereocenters. The van der Waals surface area contributed by atoms with Gasteiger partial charge in [0.05, 0.1) is 5.92 Å². The van der Waals surface area contributed by atoms with Gasteiger partial charge in [-0.15, -0.1) is 0 Å². The molecule has 0 aliphatic heterocycles. The molecule has 3 rings (SSSR count). The highest BCUT2D eigenvalue weighted by Crippen LogP contribution is 2.44. The summed E-state index contributed by atoms with van der Waals surface area (Å²) in [5.41, 5.74) is 4.59. The van der Waals surface area contributed by atoms with Crippen molar-refractivity contribution in [2.75, 3.05) is 13.2 Å². The number of carboxylic acid groups (broad SMARTS) is 1. The van der Waals surface area contributed by atoms with Crippen molar-refractivity contribution in [3.05, 3.63) is 59.7 Å². The largest absolute Gasteiger partial charge is 0.481 e. The minimum atomic E-state index is -0.934. The van der Waals surface area contributed by atoms with E-state index in [1.807, 2.05) is 31.2 Å². The first-order valence-electron chi connectivity index (χ1n) is 11.1. The maximum atomic E-state index is 12.4. The Hall–Kier alpha value is -3.35. The average Bonchev–Trinajstić information content (AvgIpc) is 3.11. The summed E-state index contributed by atoms with van der Waals surface area (Å²) in [6.07, 6.45) is 0.485. The van der Waals surface area contributed by atoms with Crippen LogP contribution in [-0.2, 0) is 14.3 Å². The first kappa shape index (κ1) is 23.3. The molecule has 7 nitrogen and oxygen atoms in total. The third-order valence-corrected chi connectivity index (χ3v) is 5.98. The van der Waals surface area contributed by atoms with Gasteiger partial charge in [0.1, 0.15) is 6.61 Å². The van der Waals surface area contributed by atoms with Crippen LogP contribution in [-0.4, -0.2) is 42.3 Å². The van der Waals surface area contributed by atoms with Gasteiger partial charge in [0, 0.05) is 24.9 Å². The van der Waals surface area contributed by atoms with Crippen LogP contribution in [0, 0.1) is 5.92 Å². The fourth-order valence-electron chi connectivity index (χ4n) is 4.04. The Morgan fingerprint density at radius 2 is 1.56 bits per heavy atom. The molecule has 0 radical (unpaired) electrons. The molecule has 1 aliphatic carbocycles. The van der Waals surface area contributed by atoms with E-state index in [9.17, 15) is 14.4 Å². The number of ether oxygens (including phenoxy) is 1. The highest BCUT2D eigenvalue weighted by molar-refractivity contribution is 5.80. The van der Waals surface area contributed by atoms with Crippen LogP contribution < -0.4 is 10.6 Å². The van der Waals surface area contributed by atoms with E-state index >= 15 is 0 Å². The number of hydrogen-bond donors (Lipinski definition) is 3. The van der Waals surface area contributed by atoms with Gasteiger partial charge in [-0.05, 0) is 35.1 Å². The van der Waals surface area contributed by atoms with Gasteiger partial charge in [-0.25, -0.2) is 4.79 Å². The van der Waals surface area contributed by atoms with E-state index in [0.29, 0.717) is 12.8 Å². The maximum absolute atomic E-state index is 12.4. The summed E-state index contributed by atoms with van der Waals surface area (Å²) in [5, 5.41) is 14.5. The summed E-state index contributed by atoms with van der Waals surface area (Å²) in [6, 6.07) is 15.8. The SMILES string of the molecule is CCC(CNC(=O)C[C@@H](CC)NC(=O)OCC1c2ccccc2-c2ccccc21)C(=O)O. The lowest BCUT2D eigenvalue weighted by Crippen LogP contribution is -2.41. The van der Waals surface area contributed by atoms with Crippen molar-refractivity contribution < 1.29 is 24.2 Å². The molecule has 3 N–H and O–H groups in total. The molecule has 32 heavy (non-hydrogen) atoms. The normalized spacial score (nSPS) is 14.1. The van der Waals surface area contributed by atoms with Crippen LogP contribution >= 0.6 is 0 Å². The van der Waals surface area contributed by atoms with Gasteiger partial charge in [-0.1, -0.05) is 62.4 Å². The van der Waals surface area contributed by atoms with E-state index in [1.54, 1.807) is 6.92 Å². The molecule has 1 unspecified atom stereocenters. The molecule has 0 aromatic heterocycles. The monoisotopic (exact) mass is 438 g/mol. The topological polar surface area (TPSA) is 105 Å². The smallest absolute Gasteiger partial charge is 0.407 e. The van der Waals surface area contributed by atoms with Gasteiger partial charge in [-0.3, -0.25) is 9.59 Å². The average molecular weight is 439 g/mol. The van der Waals surface area contributed by atoms with Crippen molar-refractivity contribution in [3.8, 4) is 11.1 Å². The van der Waals surface area contributed by atoms with Crippen LogP contribution in [0.5, 0.6) is 0 Å². The number of fused-ring (bicyclic) bond motifs is 3. The summed E-state index contributed by atoms with van der Waals surface area (Å²) in [7, 11) is 0. The van der Waals surface area contributed by atoms with Gasteiger partial charge in [0.15, 0.2) is 0 Å². The molecule has 170 valence electrons. The number of amides is 2. The number of aliphatic carboxylic acids is 1. The zero-order valence-electron chi connectivity index (χ0n) is 18.5. The second-order valence-corrected chi connectivity index (χ2v) is 8.03. The summed E-state index contributed by atoms with van der Waals surface area (Å²) < 4.78 is 5.54. The van der Waals surface area contributed by atoms with Gasteiger partial charge in [-0.2, -0.15) is 0 Å². The van der Waals surface area contributed by atoms with E-state index in [4.69, 9.17) is 9.84 Å². The molecule has 0 bridgehead atoms. The van der Waals surface area contributed by atoms with Crippen molar-refractivity contribution in [2.45, 2.75) is 45.1 Å². The Kier molecular flexibility index (Phi) is 7.87. The van der Waals surface area contributed by atoms with Crippen LogP contribution in [0.25, 0.3) is 11.1 Å². The molecule has 2 aromatic rings. The second kappa shape index (κ2) is 10.8. The summed E-state index contributed by atoms with van der Waals surface area (Å²) in [4.78, 5) is 35.7. The van der Waals surface area contributed by atoms with Crippen molar-refractivity contribution in [1.29, 1.82) is 0 Å². The van der Waals surface area contributed by atoms with Gasteiger partial charge >= 0.3 is 12.1 Å². The lowest BCUT2D eigenvalue weighted by atomic mass is 9.98. The fraction of sp³-hybridized carbons (Fsp3) is 0.400. The number of hydrogen-bond acceptors (Lipinski definition) is 4.